The molecule has 4 aromatic carbocycles. The molecule has 5 aromatic rings. The summed E-state index contributed by atoms with van der Waals surface area (Å²) in [5.41, 5.74) is 5.78. The summed E-state index contributed by atoms with van der Waals surface area (Å²) in [5, 5.41) is 2.25. The Morgan fingerprint density at radius 2 is 1.43 bits per heavy atom. The summed E-state index contributed by atoms with van der Waals surface area (Å²) in [6.45, 7) is 0.801. The Hall–Kier alpha value is -3.79. The molecular formula is C26H22N2O2. The second-order valence-electron chi connectivity index (χ2n) is 7.33. The minimum atomic E-state index is 0.741. The molecule has 148 valence electrons. The second-order valence-corrected chi connectivity index (χ2v) is 7.33. The molecule has 0 aliphatic heterocycles. The van der Waals surface area contributed by atoms with Crippen molar-refractivity contribution >= 4 is 21.8 Å². The Morgan fingerprint density at radius 1 is 0.733 bits per heavy atom. The van der Waals surface area contributed by atoms with Crippen molar-refractivity contribution in [2.75, 3.05) is 14.2 Å². The molecule has 0 saturated carbocycles. The number of nitrogens with zero attached hydrogens (tertiary/aromatic N) is 2. The van der Waals surface area contributed by atoms with Gasteiger partial charge in [-0.15, -0.1) is 0 Å². The summed E-state index contributed by atoms with van der Waals surface area (Å²) in [6, 6.07) is 27.4. The van der Waals surface area contributed by atoms with Gasteiger partial charge in [-0.1, -0.05) is 48.5 Å². The molecule has 0 N–H and O–H groups in total. The van der Waals surface area contributed by atoms with Gasteiger partial charge in [-0.25, -0.2) is 4.98 Å². The molecule has 4 heteroatoms. The number of fused-ring (bicyclic) bond motifs is 2. The summed E-state index contributed by atoms with van der Waals surface area (Å²) < 4.78 is 13.0. The van der Waals surface area contributed by atoms with Crippen LogP contribution in [0.3, 0.4) is 0 Å². The van der Waals surface area contributed by atoms with Crippen LogP contribution in [0.15, 0.2) is 85.2 Å². The normalized spacial score (nSPS) is 11.1. The largest absolute Gasteiger partial charge is 0.493 e. The average molecular weight is 394 g/mol. The van der Waals surface area contributed by atoms with Gasteiger partial charge in [0.15, 0.2) is 11.5 Å². The first-order valence-electron chi connectivity index (χ1n) is 9.90. The molecule has 0 radical (unpaired) electrons. The summed E-state index contributed by atoms with van der Waals surface area (Å²) in [4.78, 5) is 4.48. The lowest BCUT2D eigenvalue weighted by atomic mass is 10.00. The van der Waals surface area contributed by atoms with E-state index in [9.17, 15) is 0 Å². The van der Waals surface area contributed by atoms with Gasteiger partial charge < -0.3 is 14.0 Å². The van der Waals surface area contributed by atoms with E-state index in [-0.39, 0.29) is 0 Å². The zero-order valence-electron chi connectivity index (χ0n) is 17.0. The van der Waals surface area contributed by atoms with Crippen LogP contribution in [-0.4, -0.2) is 23.8 Å². The van der Waals surface area contributed by atoms with E-state index < -0.39 is 0 Å². The highest BCUT2D eigenvalue weighted by atomic mass is 16.5. The van der Waals surface area contributed by atoms with Crippen molar-refractivity contribution in [1.82, 2.24) is 9.55 Å². The zero-order valence-corrected chi connectivity index (χ0v) is 17.0. The summed E-state index contributed by atoms with van der Waals surface area (Å²) in [6.07, 6.45) is 1.91. The minimum Gasteiger partial charge on any atom is -0.493 e. The predicted octanol–water partition coefficient (Wildman–Crippen LogP) is 5.92. The molecule has 0 unspecified atom stereocenters. The zero-order chi connectivity index (χ0) is 20.5. The maximum absolute atomic E-state index is 5.45. The Balaban J connectivity index is 1.44. The topological polar surface area (TPSA) is 36.3 Å². The van der Waals surface area contributed by atoms with Gasteiger partial charge in [0.1, 0.15) is 0 Å². The molecule has 4 nitrogen and oxygen atoms in total. The molecule has 0 saturated heterocycles. The van der Waals surface area contributed by atoms with E-state index in [2.05, 4.69) is 58.1 Å². The third-order valence-electron chi connectivity index (χ3n) is 5.51. The van der Waals surface area contributed by atoms with E-state index in [4.69, 9.17) is 9.47 Å². The molecule has 1 heterocycles. The highest BCUT2D eigenvalue weighted by molar-refractivity contribution is 5.90. The van der Waals surface area contributed by atoms with E-state index in [1.165, 1.54) is 16.7 Å². The molecular weight excluding hydrogens is 372 g/mol. The van der Waals surface area contributed by atoms with Crippen LogP contribution in [0.2, 0.25) is 0 Å². The molecule has 0 fully saturated rings. The van der Waals surface area contributed by atoms with Crippen LogP contribution in [0.5, 0.6) is 11.5 Å². The average Bonchev–Trinajstić information content (AvgIpc) is 3.21. The van der Waals surface area contributed by atoms with Gasteiger partial charge in [0.25, 0.3) is 0 Å². The third kappa shape index (κ3) is 3.26. The maximum atomic E-state index is 5.45. The number of methoxy groups -OCH3 is 2. The van der Waals surface area contributed by atoms with Gasteiger partial charge >= 0.3 is 0 Å². The number of aromatic nitrogens is 2. The van der Waals surface area contributed by atoms with E-state index in [1.807, 2.05) is 36.7 Å². The van der Waals surface area contributed by atoms with E-state index >= 15 is 0 Å². The second kappa shape index (κ2) is 7.56. The number of rotatable bonds is 5. The molecule has 0 bridgehead atoms. The number of para-hydroxylation sites is 2. The standard InChI is InChI=1S/C26H22N2O2/c1-29-25-14-21-12-11-20(13-22(21)15-26(25)30-2)19-9-7-18(8-10-19)16-28-17-27-23-5-3-4-6-24(23)28/h3-15,17H,16H2,1-2H3. The number of benzene rings is 4. The molecule has 0 spiro atoms. The van der Waals surface area contributed by atoms with Crippen molar-refractivity contribution in [2.24, 2.45) is 0 Å². The van der Waals surface area contributed by atoms with E-state index in [0.717, 1.165) is 39.8 Å². The predicted molar refractivity (Wildman–Crippen MR) is 121 cm³/mol. The quantitative estimate of drug-likeness (QED) is 0.371. The van der Waals surface area contributed by atoms with Crippen molar-refractivity contribution in [3.63, 3.8) is 0 Å². The molecule has 5 rings (SSSR count). The number of hydrogen-bond donors (Lipinski definition) is 0. The fourth-order valence-electron chi connectivity index (χ4n) is 3.89. The van der Waals surface area contributed by atoms with Crippen LogP contribution in [0.4, 0.5) is 0 Å². The Morgan fingerprint density at radius 3 is 2.20 bits per heavy atom. The summed E-state index contributed by atoms with van der Waals surface area (Å²) >= 11 is 0. The lowest BCUT2D eigenvalue weighted by molar-refractivity contribution is 0.356. The number of ether oxygens (including phenoxy) is 2. The fraction of sp³-hybridized carbons (Fsp3) is 0.115. The van der Waals surface area contributed by atoms with Crippen molar-refractivity contribution < 1.29 is 9.47 Å². The van der Waals surface area contributed by atoms with Gasteiger partial charge in [-0.05, 0) is 57.8 Å². The number of hydrogen-bond acceptors (Lipinski definition) is 3. The van der Waals surface area contributed by atoms with Gasteiger partial charge in [0.2, 0.25) is 0 Å². The van der Waals surface area contributed by atoms with E-state index in [0.29, 0.717) is 0 Å². The van der Waals surface area contributed by atoms with Crippen LogP contribution >= 0.6 is 0 Å². The van der Waals surface area contributed by atoms with Gasteiger partial charge in [0, 0.05) is 6.54 Å². The third-order valence-corrected chi connectivity index (χ3v) is 5.51. The first-order chi connectivity index (χ1) is 14.7. The number of imidazole rings is 1. The molecule has 30 heavy (non-hydrogen) atoms. The highest BCUT2D eigenvalue weighted by Crippen LogP contribution is 2.34. The molecule has 0 atom stereocenters. The van der Waals surface area contributed by atoms with Gasteiger partial charge in [-0.3, -0.25) is 0 Å². The first kappa shape index (κ1) is 18.3. The van der Waals surface area contributed by atoms with Gasteiger partial charge in [-0.2, -0.15) is 0 Å². The van der Waals surface area contributed by atoms with Crippen LogP contribution < -0.4 is 9.47 Å². The lowest BCUT2D eigenvalue weighted by Gasteiger charge is -2.11. The monoisotopic (exact) mass is 394 g/mol. The molecule has 0 aliphatic carbocycles. The van der Waals surface area contributed by atoms with Crippen LogP contribution in [0, 0.1) is 0 Å². The lowest BCUT2D eigenvalue weighted by Crippen LogP contribution is -1.97. The Kier molecular flexibility index (Phi) is 4.60. The maximum Gasteiger partial charge on any atom is 0.161 e. The fourth-order valence-corrected chi connectivity index (χ4v) is 3.89. The highest BCUT2D eigenvalue weighted by Gasteiger charge is 2.08. The Bertz CT molecular complexity index is 1340. The van der Waals surface area contributed by atoms with Crippen LogP contribution in [-0.2, 0) is 6.54 Å². The molecule has 0 amide bonds. The SMILES string of the molecule is COc1cc2ccc(-c3ccc(Cn4cnc5ccccc54)cc3)cc2cc1OC. The Labute approximate surface area is 175 Å². The molecule has 1 aromatic heterocycles. The van der Waals surface area contributed by atoms with E-state index in [1.54, 1.807) is 14.2 Å². The smallest absolute Gasteiger partial charge is 0.161 e. The van der Waals surface area contributed by atoms with Crippen molar-refractivity contribution in [3.8, 4) is 22.6 Å². The van der Waals surface area contributed by atoms with Crippen molar-refractivity contribution in [3.05, 3.63) is 90.8 Å². The summed E-state index contributed by atoms with van der Waals surface area (Å²) in [5.74, 6) is 1.49. The van der Waals surface area contributed by atoms with Crippen molar-refractivity contribution in [2.45, 2.75) is 6.54 Å². The minimum absolute atomic E-state index is 0.741. The van der Waals surface area contributed by atoms with Crippen LogP contribution in [0.1, 0.15) is 5.56 Å². The van der Waals surface area contributed by atoms with Gasteiger partial charge in [0.05, 0.1) is 31.6 Å². The summed E-state index contributed by atoms with van der Waals surface area (Å²) in [7, 11) is 3.32. The van der Waals surface area contributed by atoms with Crippen molar-refractivity contribution in [1.29, 1.82) is 0 Å². The van der Waals surface area contributed by atoms with Crippen LogP contribution in [0.25, 0.3) is 32.9 Å². The molecule has 0 aliphatic rings. The first-order valence-corrected chi connectivity index (χ1v) is 9.90.